The lowest BCUT2D eigenvalue weighted by Gasteiger charge is -2.08. The predicted octanol–water partition coefficient (Wildman–Crippen LogP) is 3.32. The van der Waals surface area contributed by atoms with Gasteiger partial charge in [-0.2, -0.15) is 0 Å². The highest BCUT2D eigenvalue weighted by Gasteiger charge is 2.10. The molecule has 0 aliphatic rings. The average Bonchev–Trinajstić information content (AvgIpc) is 2.34. The van der Waals surface area contributed by atoms with E-state index in [4.69, 9.17) is 9.47 Å². The Balaban J connectivity index is 2.84. The zero-order valence-electron chi connectivity index (χ0n) is 10.9. The Kier molecular flexibility index (Phi) is 5.01. The van der Waals surface area contributed by atoms with Gasteiger partial charge in [-0.1, -0.05) is 13.8 Å². The summed E-state index contributed by atoms with van der Waals surface area (Å²) in [7, 11) is 3.16. The molecule has 1 rings (SSSR count). The summed E-state index contributed by atoms with van der Waals surface area (Å²) in [6.45, 7) is 4.22. The first-order valence-corrected chi connectivity index (χ1v) is 5.83. The molecule has 94 valence electrons. The number of carbonyl (C=O) groups is 1. The Morgan fingerprint density at radius 2 is 1.65 bits per heavy atom. The summed E-state index contributed by atoms with van der Waals surface area (Å²) in [5.41, 5.74) is 0.654. The van der Waals surface area contributed by atoms with Crippen molar-refractivity contribution in [1.82, 2.24) is 0 Å². The van der Waals surface area contributed by atoms with E-state index in [1.54, 1.807) is 32.4 Å². The van der Waals surface area contributed by atoms with Crippen LogP contribution in [0.25, 0.3) is 0 Å². The molecule has 0 amide bonds. The van der Waals surface area contributed by atoms with Crippen LogP contribution in [0.1, 0.15) is 37.0 Å². The van der Waals surface area contributed by atoms with E-state index in [-0.39, 0.29) is 5.78 Å². The number of ether oxygens (including phenoxy) is 2. The molecule has 0 aromatic heterocycles. The number of hydrogen-bond donors (Lipinski definition) is 0. The summed E-state index contributed by atoms with van der Waals surface area (Å²) in [6, 6.07) is 5.27. The third kappa shape index (κ3) is 4.10. The highest BCUT2D eigenvalue weighted by molar-refractivity contribution is 5.96. The van der Waals surface area contributed by atoms with Gasteiger partial charge in [0.15, 0.2) is 5.78 Å². The molecular formula is C14H20O3. The van der Waals surface area contributed by atoms with Crippen molar-refractivity contribution < 1.29 is 14.3 Å². The average molecular weight is 236 g/mol. The number of carbonyl (C=O) groups excluding carboxylic acids is 1. The first-order chi connectivity index (χ1) is 8.06. The van der Waals surface area contributed by atoms with Gasteiger partial charge in [-0.15, -0.1) is 0 Å². The van der Waals surface area contributed by atoms with Gasteiger partial charge in [0.05, 0.1) is 14.2 Å². The van der Waals surface area contributed by atoms with Gasteiger partial charge in [0.25, 0.3) is 0 Å². The van der Waals surface area contributed by atoms with Gasteiger partial charge in [0, 0.05) is 18.1 Å². The molecule has 1 aromatic carbocycles. The minimum Gasteiger partial charge on any atom is -0.497 e. The Morgan fingerprint density at radius 1 is 1.12 bits per heavy atom. The van der Waals surface area contributed by atoms with Crippen molar-refractivity contribution in [3.05, 3.63) is 23.8 Å². The predicted molar refractivity (Wildman–Crippen MR) is 67.9 cm³/mol. The fourth-order valence-electron chi connectivity index (χ4n) is 1.53. The lowest BCUT2D eigenvalue weighted by atomic mass is 10.0. The van der Waals surface area contributed by atoms with E-state index >= 15 is 0 Å². The van der Waals surface area contributed by atoms with Gasteiger partial charge in [-0.3, -0.25) is 4.79 Å². The van der Waals surface area contributed by atoms with Crippen LogP contribution in [0, 0.1) is 5.92 Å². The third-order valence-corrected chi connectivity index (χ3v) is 2.62. The number of Topliss-reactive ketones (excluding diaryl/α,β-unsaturated/α-hetero) is 1. The van der Waals surface area contributed by atoms with Crippen molar-refractivity contribution in [2.45, 2.75) is 26.7 Å². The van der Waals surface area contributed by atoms with Crippen LogP contribution in [-0.4, -0.2) is 20.0 Å². The lowest BCUT2D eigenvalue weighted by Crippen LogP contribution is -2.02. The second-order valence-electron chi connectivity index (χ2n) is 4.46. The summed E-state index contributed by atoms with van der Waals surface area (Å²) >= 11 is 0. The minimum atomic E-state index is 0.135. The maximum atomic E-state index is 12.0. The van der Waals surface area contributed by atoms with Crippen LogP contribution in [0.3, 0.4) is 0 Å². The second-order valence-corrected chi connectivity index (χ2v) is 4.46. The Labute approximate surface area is 103 Å². The minimum absolute atomic E-state index is 0.135. The van der Waals surface area contributed by atoms with Crippen LogP contribution in [0.4, 0.5) is 0 Å². The molecule has 0 saturated heterocycles. The molecule has 0 saturated carbocycles. The molecule has 0 aliphatic heterocycles. The van der Waals surface area contributed by atoms with Gasteiger partial charge in [0.2, 0.25) is 0 Å². The third-order valence-electron chi connectivity index (χ3n) is 2.62. The molecule has 1 aromatic rings. The topological polar surface area (TPSA) is 35.5 Å². The molecule has 3 heteroatoms. The molecule has 17 heavy (non-hydrogen) atoms. The fourth-order valence-corrected chi connectivity index (χ4v) is 1.53. The Hall–Kier alpha value is -1.51. The maximum absolute atomic E-state index is 12.0. The highest BCUT2D eigenvalue weighted by atomic mass is 16.5. The SMILES string of the molecule is COc1cc(OC)cc(C(=O)CCC(C)C)c1. The molecule has 0 bridgehead atoms. The Morgan fingerprint density at radius 3 is 2.06 bits per heavy atom. The largest absolute Gasteiger partial charge is 0.497 e. The van der Waals surface area contributed by atoms with Gasteiger partial charge in [0.1, 0.15) is 11.5 Å². The van der Waals surface area contributed by atoms with E-state index < -0.39 is 0 Å². The molecule has 0 aliphatic carbocycles. The smallest absolute Gasteiger partial charge is 0.163 e. The summed E-state index contributed by atoms with van der Waals surface area (Å²) in [6.07, 6.45) is 1.46. The van der Waals surface area contributed by atoms with Crippen molar-refractivity contribution in [2.24, 2.45) is 5.92 Å². The second kappa shape index (κ2) is 6.28. The monoisotopic (exact) mass is 236 g/mol. The van der Waals surface area contributed by atoms with E-state index in [1.807, 2.05) is 0 Å². The van der Waals surface area contributed by atoms with E-state index in [1.165, 1.54) is 0 Å². The number of methoxy groups -OCH3 is 2. The van der Waals surface area contributed by atoms with Crippen LogP contribution < -0.4 is 9.47 Å². The number of ketones is 1. The molecule has 0 heterocycles. The van der Waals surface area contributed by atoms with Crippen molar-refractivity contribution in [1.29, 1.82) is 0 Å². The lowest BCUT2D eigenvalue weighted by molar-refractivity contribution is 0.0974. The van der Waals surface area contributed by atoms with Crippen molar-refractivity contribution >= 4 is 5.78 Å². The van der Waals surface area contributed by atoms with Gasteiger partial charge in [-0.05, 0) is 24.5 Å². The molecular weight excluding hydrogens is 216 g/mol. The molecule has 0 N–H and O–H groups in total. The van der Waals surface area contributed by atoms with Gasteiger partial charge >= 0.3 is 0 Å². The molecule has 0 unspecified atom stereocenters. The summed E-state index contributed by atoms with van der Waals surface area (Å²) in [5.74, 6) is 1.97. The van der Waals surface area contributed by atoms with Crippen molar-refractivity contribution in [2.75, 3.05) is 14.2 Å². The summed E-state index contributed by atoms with van der Waals surface area (Å²) in [5, 5.41) is 0. The first kappa shape index (κ1) is 13.6. The van der Waals surface area contributed by atoms with Crippen LogP contribution in [0.5, 0.6) is 11.5 Å². The summed E-state index contributed by atoms with van der Waals surface area (Å²) < 4.78 is 10.3. The van der Waals surface area contributed by atoms with E-state index in [0.29, 0.717) is 29.4 Å². The number of benzene rings is 1. The van der Waals surface area contributed by atoms with Crippen LogP contribution in [-0.2, 0) is 0 Å². The Bertz CT molecular complexity index is 361. The van der Waals surface area contributed by atoms with Crippen LogP contribution in [0.15, 0.2) is 18.2 Å². The van der Waals surface area contributed by atoms with Crippen LogP contribution in [0.2, 0.25) is 0 Å². The number of rotatable bonds is 6. The zero-order valence-corrected chi connectivity index (χ0v) is 10.9. The number of hydrogen-bond acceptors (Lipinski definition) is 3. The zero-order chi connectivity index (χ0) is 12.8. The molecule has 0 atom stereocenters. The maximum Gasteiger partial charge on any atom is 0.163 e. The molecule has 0 fully saturated rings. The van der Waals surface area contributed by atoms with Crippen molar-refractivity contribution in [3.63, 3.8) is 0 Å². The van der Waals surface area contributed by atoms with Crippen molar-refractivity contribution in [3.8, 4) is 11.5 Å². The van der Waals surface area contributed by atoms with Gasteiger partial charge < -0.3 is 9.47 Å². The van der Waals surface area contributed by atoms with Gasteiger partial charge in [-0.25, -0.2) is 0 Å². The fraction of sp³-hybridized carbons (Fsp3) is 0.500. The highest BCUT2D eigenvalue weighted by Crippen LogP contribution is 2.23. The van der Waals surface area contributed by atoms with Crippen LogP contribution >= 0.6 is 0 Å². The van der Waals surface area contributed by atoms with E-state index in [0.717, 1.165) is 6.42 Å². The molecule has 0 radical (unpaired) electrons. The summed E-state index contributed by atoms with van der Waals surface area (Å²) in [4.78, 5) is 12.0. The molecule has 0 spiro atoms. The normalized spacial score (nSPS) is 10.4. The first-order valence-electron chi connectivity index (χ1n) is 5.83. The quantitative estimate of drug-likeness (QED) is 0.711. The van der Waals surface area contributed by atoms with E-state index in [9.17, 15) is 4.79 Å². The van der Waals surface area contributed by atoms with E-state index in [2.05, 4.69) is 13.8 Å². The standard InChI is InChI=1S/C14H20O3/c1-10(2)5-6-14(15)11-7-12(16-3)9-13(8-11)17-4/h7-10H,5-6H2,1-4H3. The molecule has 3 nitrogen and oxygen atoms in total.